The van der Waals surface area contributed by atoms with E-state index in [1.807, 2.05) is 49.3 Å². The summed E-state index contributed by atoms with van der Waals surface area (Å²) in [6.45, 7) is 2.94. The number of carbonyl (C=O) groups excluding carboxylic acids is 2. The zero-order valence-electron chi connectivity index (χ0n) is 16.8. The Kier molecular flexibility index (Phi) is 6.05. The molecule has 2 aliphatic heterocycles. The first-order valence-electron chi connectivity index (χ1n) is 9.91. The summed E-state index contributed by atoms with van der Waals surface area (Å²) in [4.78, 5) is 31.2. The summed E-state index contributed by atoms with van der Waals surface area (Å²) in [6.07, 6.45) is 3.97. The lowest BCUT2D eigenvalue weighted by Crippen LogP contribution is -2.61. The number of nitrogens with zero attached hydrogens (tertiary/aromatic N) is 3. The summed E-state index contributed by atoms with van der Waals surface area (Å²) in [5.41, 5.74) is 1.09. The molecule has 2 heterocycles. The lowest BCUT2D eigenvalue weighted by molar-refractivity contribution is -0.144. The monoisotopic (exact) mass is 372 g/mol. The van der Waals surface area contributed by atoms with Crippen LogP contribution in [0, 0.1) is 5.41 Å². The normalized spacial score (nSPS) is 22.5. The van der Waals surface area contributed by atoms with Gasteiger partial charge >= 0.3 is 6.03 Å². The van der Waals surface area contributed by atoms with E-state index >= 15 is 0 Å². The third-order valence-corrected chi connectivity index (χ3v) is 6.21. The lowest BCUT2D eigenvalue weighted by atomic mass is 9.66. The fraction of sp³-hybridized carbons (Fsp3) is 0.619. The van der Waals surface area contributed by atoms with Gasteiger partial charge in [0.2, 0.25) is 5.91 Å². The molecule has 0 aromatic heterocycles. The topological polar surface area (TPSA) is 55.9 Å². The molecule has 2 saturated heterocycles. The smallest absolute Gasteiger partial charge is 0.317 e. The average Bonchev–Trinajstić information content (AvgIpc) is 2.67. The van der Waals surface area contributed by atoms with E-state index in [-0.39, 0.29) is 23.4 Å². The van der Waals surface area contributed by atoms with Crippen molar-refractivity contribution in [3.8, 4) is 0 Å². The summed E-state index contributed by atoms with van der Waals surface area (Å²) >= 11 is 0. The molecule has 148 valence electrons. The highest BCUT2D eigenvalue weighted by atomic mass is 16.2. The number of amides is 3. The summed E-state index contributed by atoms with van der Waals surface area (Å²) in [5, 5.41) is 3.02. The van der Waals surface area contributed by atoms with Gasteiger partial charge in [0.05, 0.1) is 6.04 Å². The molecule has 1 unspecified atom stereocenters. The second-order valence-corrected chi connectivity index (χ2v) is 8.21. The number of benzene rings is 1. The van der Waals surface area contributed by atoms with Crippen molar-refractivity contribution >= 4 is 11.9 Å². The first-order chi connectivity index (χ1) is 12.9. The molecule has 6 nitrogen and oxygen atoms in total. The summed E-state index contributed by atoms with van der Waals surface area (Å²) in [5.74, 6) is 0.194. The van der Waals surface area contributed by atoms with Gasteiger partial charge in [-0.25, -0.2) is 4.79 Å². The molecule has 27 heavy (non-hydrogen) atoms. The molecule has 0 radical (unpaired) electrons. The molecular weight excluding hydrogens is 340 g/mol. The minimum absolute atomic E-state index is 0.00615. The number of piperidine rings is 2. The highest BCUT2D eigenvalue weighted by Crippen LogP contribution is 2.44. The van der Waals surface area contributed by atoms with Crippen molar-refractivity contribution in [1.29, 1.82) is 0 Å². The zero-order chi connectivity index (χ0) is 19.4. The van der Waals surface area contributed by atoms with Gasteiger partial charge in [-0.3, -0.25) is 9.69 Å². The first kappa shape index (κ1) is 19.7. The number of rotatable bonds is 3. The van der Waals surface area contributed by atoms with E-state index in [0.717, 1.165) is 37.8 Å². The van der Waals surface area contributed by atoms with Crippen LogP contribution in [-0.4, -0.2) is 73.5 Å². The molecule has 2 fully saturated rings. The average molecular weight is 373 g/mol. The molecule has 1 N–H and O–H groups in total. The number of nitrogens with one attached hydrogen (secondary N) is 1. The van der Waals surface area contributed by atoms with E-state index in [0.29, 0.717) is 19.6 Å². The largest absolute Gasteiger partial charge is 0.347 e. The van der Waals surface area contributed by atoms with Crippen molar-refractivity contribution in [2.75, 3.05) is 40.8 Å². The van der Waals surface area contributed by atoms with Gasteiger partial charge in [-0.1, -0.05) is 30.3 Å². The van der Waals surface area contributed by atoms with Crippen LogP contribution in [0.5, 0.6) is 0 Å². The van der Waals surface area contributed by atoms with Crippen LogP contribution in [0.3, 0.4) is 0 Å². The number of hydrogen-bond acceptors (Lipinski definition) is 3. The maximum absolute atomic E-state index is 12.8. The number of carbonyl (C=O) groups is 2. The molecule has 3 rings (SSSR count). The van der Waals surface area contributed by atoms with Crippen molar-refractivity contribution in [3.63, 3.8) is 0 Å². The van der Waals surface area contributed by atoms with E-state index in [1.54, 1.807) is 4.90 Å². The molecule has 0 bridgehead atoms. The quantitative estimate of drug-likeness (QED) is 0.885. The van der Waals surface area contributed by atoms with Crippen LogP contribution in [0.2, 0.25) is 0 Å². The molecule has 1 aromatic rings. The van der Waals surface area contributed by atoms with E-state index in [4.69, 9.17) is 0 Å². The minimum atomic E-state index is -0.0734. The standard InChI is InChI=1S/C21H32N4O2/c1-23(2)19(26)18-21(10-7-13-24(18)3)11-14-25(15-12-21)20(27)22-16-17-8-5-4-6-9-17/h4-6,8-9,18H,7,10-16H2,1-3H3,(H,22,27). The molecule has 1 atom stereocenters. The molecule has 2 aliphatic rings. The lowest BCUT2D eigenvalue weighted by Gasteiger charge is -2.52. The molecule has 0 saturated carbocycles. The summed E-state index contributed by atoms with van der Waals surface area (Å²) < 4.78 is 0. The maximum Gasteiger partial charge on any atom is 0.317 e. The second kappa shape index (κ2) is 8.30. The molecule has 0 aliphatic carbocycles. The number of urea groups is 1. The molecule has 3 amide bonds. The third kappa shape index (κ3) is 4.26. The highest BCUT2D eigenvalue weighted by molar-refractivity contribution is 5.82. The van der Waals surface area contributed by atoms with Crippen LogP contribution in [0.25, 0.3) is 0 Å². The number of hydrogen-bond donors (Lipinski definition) is 1. The van der Waals surface area contributed by atoms with Crippen LogP contribution < -0.4 is 5.32 Å². The second-order valence-electron chi connectivity index (χ2n) is 8.21. The van der Waals surface area contributed by atoms with Gasteiger partial charge in [-0.15, -0.1) is 0 Å². The van der Waals surface area contributed by atoms with Crippen molar-refractivity contribution in [3.05, 3.63) is 35.9 Å². The van der Waals surface area contributed by atoms with Gasteiger partial charge in [0.1, 0.15) is 0 Å². The molecular formula is C21H32N4O2. The maximum atomic E-state index is 12.8. The Morgan fingerprint density at radius 1 is 1.11 bits per heavy atom. The molecule has 1 spiro atoms. The van der Waals surface area contributed by atoms with Crippen LogP contribution in [0.15, 0.2) is 30.3 Å². The minimum Gasteiger partial charge on any atom is -0.347 e. The van der Waals surface area contributed by atoms with Crippen LogP contribution in [-0.2, 0) is 11.3 Å². The molecule has 6 heteroatoms. The van der Waals surface area contributed by atoms with E-state index in [2.05, 4.69) is 17.3 Å². The fourth-order valence-corrected chi connectivity index (χ4v) is 4.67. The van der Waals surface area contributed by atoms with Gasteiger partial charge in [-0.2, -0.15) is 0 Å². The van der Waals surface area contributed by atoms with Crippen molar-refractivity contribution in [1.82, 2.24) is 20.0 Å². The van der Waals surface area contributed by atoms with Crippen LogP contribution in [0.4, 0.5) is 4.79 Å². The Balaban J connectivity index is 1.60. The van der Waals surface area contributed by atoms with Crippen LogP contribution in [0.1, 0.15) is 31.2 Å². The fourth-order valence-electron chi connectivity index (χ4n) is 4.67. The van der Waals surface area contributed by atoms with Crippen molar-refractivity contribution in [2.24, 2.45) is 5.41 Å². The van der Waals surface area contributed by atoms with Crippen molar-refractivity contribution < 1.29 is 9.59 Å². The Hall–Kier alpha value is -2.08. The van der Waals surface area contributed by atoms with Gasteiger partial charge in [0.25, 0.3) is 0 Å². The highest BCUT2D eigenvalue weighted by Gasteiger charge is 2.49. The number of likely N-dealkylation sites (N-methyl/N-ethyl adjacent to an activating group) is 2. The Labute approximate surface area is 162 Å². The van der Waals surface area contributed by atoms with E-state index < -0.39 is 0 Å². The van der Waals surface area contributed by atoms with Gasteiger partial charge < -0.3 is 15.1 Å². The van der Waals surface area contributed by atoms with Gasteiger partial charge in [-0.05, 0) is 50.3 Å². The van der Waals surface area contributed by atoms with Gasteiger partial charge in [0, 0.05) is 33.7 Å². The summed E-state index contributed by atoms with van der Waals surface area (Å²) in [6, 6.07) is 9.88. The van der Waals surface area contributed by atoms with Crippen molar-refractivity contribution in [2.45, 2.75) is 38.3 Å². The van der Waals surface area contributed by atoms with Gasteiger partial charge in [0.15, 0.2) is 0 Å². The zero-order valence-corrected chi connectivity index (χ0v) is 16.8. The third-order valence-electron chi connectivity index (χ3n) is 6.21. The summed E-state index contributed by atoms with van der Waals surface area (Å²) in [7, 11) is 5.74. The SMILES string of the molecule is CN(C)C(=O)C1N(C)CCCC12CCN(C(=O)NCc1ccccc1)CC2. The predicted molar refractivity (Wildman–Crippen MR) is 106 cm³/mol. The Bertz CT molecular complexity index is 653. The first-order valence-corrected chi connectivity index (χ1v) is 9.91. The van der Waals surface area contributed by atoms with E-state index in [9.17, 15) is 9.59 Å². The Morgan fingerprint density at radius 2 is 1.78 bits per heavy atom. The number of likely N-dealkylation sites (tertiary alicyclic amines) is 2. The van der Waals surface area contributed by atoms with E-state index in [1.165, 1.54) is 0 Å². The molecule has 1 aromatic carbocycles. The predicted octanol–water partition coefficient (Wildman–Crippen LogP) is 2.16. The Morgan fingerprint density at radius 3 is 2.41 bits per heavy atom. The van der Waals surface area contributed by atoms with Crippen LogP contribution >= 0.6 is 0 Å².